The lowest BCUT2D eigenvalue weighted by atomic mass is 9.47. The topological polar surface area (TPSA) is 26.3 Å². The van der Waals surface area contributed by atoms with E-state index in [1.165, 1.54) is 57.4 Å². The fraction of sp³-hybridized carbons (Fsp3) is 0.839. The van der Waals surface area contributed by atoms with Crippen molar-refractivity contribution in [3.05, 3.63) is 22.8 Å². The van der Waals surface area contributed by atoms with Gasteiger partial charge in [0.1, 0.15) is 6.10 Å². The Hall–Kier alpha value is -0.760. The summed E-state index contributed by atoms with van der Waals surface area (Å²) in [7, 11) is 0. The molecule has 4 rings (SSSR count). The van der Waals surface area contributed by atoms with E-state index in [1.54, 1.807) is 12.5 Å². The highest BCUT2D eigenvalue weighted by molar-refractivity contribution is 6.30. The molecule has 3 heteroatoms. The highest BCUT2D eigenvalue weighted by atomic mass is 35.5. The molecule has 3 fully saturated rings. The van der Waals surface area contributed by atoms with Gasteiger partial charge in [-0.2, -0.15) is 0 Å². The summed E-state index contributed by atoms with van der Waals surface area (Å²) in [5.74, 6) is 4.87. The second-order valence-corrected chi connectivity index (χ2v) is 13.9. The Kier molecular flexibility index (Phi) is 7.98. The lowest BCUT2D eigenvalue weighted by molar-refractivity contribution is -0.145. The molecule has 8 atom stereocenters. The first-order valence-electron chi connectivity index (χ1n) is 14.3. The maximum Gasteiger partial charge on any atom is 0.332 e. The number of hydrogen-bond acceptors (Lipinski definition) is 2. The summed E-state index contributed by atoms with van der Waals surface area (Å²) in [4.78, 5) is 12.1. The third-order valence-electron chi connectivity index (χ3n) is 10.9. The Morgan fingerprint density at radius 1 is 1.12 bits per heavy atom. The van der Waals surface area contributed by atoms with Crippen LogP contribution in [0.15, 0.2) is 22.8 Å². The molecule has 192 valence electrons. The van der Waals surface area contributed by atoms with E-state index in [0.717, 1.165) is 54.8 Å². The van der Waals surface area contributed by atoms with Gasteiger partial charge in [0, 0.05) is 17.5 Å². The van der Waals surface area contributed by atoms with E-state index >= 15 is 0 Å². The maximum absolute atomic E-state index is 12.1. The molecule has 4 aliphatic carbocycles. The molecule has 0 aromatic rings. The Labute approximate surface area is 214 Å². The third-order valence-corrected chi connectivity index (χ3v) is 11.0. The highest BCUT2D eigenvalue weighted by Crippen LogP contribution is 2.67. The van der Waals surface area contributed by atoms with Crippen LogP contribution in [0.3, 0.4) is 0 Å². The molecule has 0 N–H and O–H groups in total. The summed E-state index contributed by atoms with van der Waals surface area (Å²) in [6.07, 6.45) is 18.2. The van der Waals surface area contributed by atoms with Crippen molar-refractivity contribution in [1.29, 1.82) is 0 Å². The molecule has 2 nitrogen and oxygen atoms in total. The van der Waals surface area contributed by atoms with Gasteiger partial charge in [0.25, 0.3) is 0 Å². The van der Waals surface area contributed by atoms with Crippen LogP contribution < -0.4 is 0 Å². The molecule has 0 radical (unpaired) electrons. The van der Waals surface area contributed by atoms with Crippen LogP contribution in [0.25, 0.3) is 0 Å². The first kappa shape index (κ1) is 26.3. The number of carbonyl (C=O) groups excluding carboxylic acids is 1. The first-order valence-corrected chi connectivity index (χ1v) is 14.7. The molecule has 0 heterocycles. The van der Waals surface area contributed by atoms with Crippen molar-refractivity contribution in [2.45, 2.75) is 118 Å². The van der Waals surface area contributed by atoms with Gasteiger partial charge in [-0.1, -0.05) is 77.1 Å². The van der Waals surface area contributed by atoms with Gasteiger partial charge in [0.05, 0.1) is 0 Å². The zero-order valence-corrected chi connectivity index (χ0v) is 23.4. The molecule has 0 aromatic heterocycles. The van der Waals surface area contributed by atoms with Crippen molar-refractivity contribution in [1.82, 2.24) is 0 Å². The summed E-state index contributed by atoms with van der Waals surface area (Å²) < 4.78 is 5.76. The summed E-state index contributed by atoms with van der Waals surface area (Å²) in [5, 5.41) is 0.486. The Morgan fingerprint density at radius 3 is 2.59 bits per heavy atom. The van der Waals surface area contributed by atoms with E-state index in [9.17, 15) is 4.79 Å². The molecular weight excluding hydrogens is 440 g/mol. The van der Waals surface area contributed by atoms with Crippen LogP contribution in [0.2, 0.25) is 0 Å². The second-order valence-electron chi connectivity index (χ2n) is 13.3. The molecule has 3 saturated carbocycles. The van der Waals surface area contributed by atoms with Crippen molar-refractivity contribution >= 4 is 17.6 Å². The number of allylic oxidation sites excluding steroid dienone is 2. The summed E-state index contributed by atoms with van der Waals surface area (Å²) >= 11 is 5.87. The van der Waals surface area contributed by atoms with E-state index in [2.05, 4.69) is 40.7 Å². The molecular formula is C31H49ClO2. The number of rotatable bonds is 7. The maximum atomic E-state index is 12.1. The van der Waals surface area contributed by atoms with Crippen LogP contribution in [0, 0.1) is 46.3 Å². The Morgan fingerprint density at radius 2 is 1.88 bits per heavy atom. The van der Waals surface area contributed by atoms with Crippen LogP contribution in [-0.2, 0) is 9.53 Å². The number of halogens is 1. The molecule has 0 saturated heterocycles. The molecule has 0 spiro atoms. The predicted octanol–water partition coefficient (Wildman–Crippen LogP) is 9.08. The molecule has 4 aliphatic rings. The quantitative estimate of drug-likeness (QED) is 0.203. The predicted molar refractivity (Wildman–Crippen MR) is 143 cm³/mol. The van der Waals surface area contributed by atoms with E-state index in [1.807, 2.05) is 0 Å². The lowest BCUT2D eigenvalue weighted by Crippen LogP contribution is -2.51. The normalized spacial score (nSPS) is 40.8. The second kappa shape index (κ2) is 10.3. The molecule has 0 aromatic carbocycles. The fourth-order valence-corrected chi connectivity index (χ4v) is 9.20. The van der Waals surface area contributed by atoms with Crippen LogP contribution in [0.5, 0.6) is 0 Å². The van der Waals surface area contributed by atoms with Crippen molar-refractivity contribution in [3.63, 3.8) is 0 Å². The zero-order chi connectivity index (χ0) is 24.7. The first-order chi connectivity index (χ1) is 16.0. The van der Waals surface area contributed by atoms with Crippen LogP contribution in [0.1, 0.15) is 112 Å². The lowest BCUT2D eigenvalue weighted by Gasteiger charge is -2.58. The van der Waals surface area contributed by atoms with Crippen LogP contribution in [-0.4, -0.2) is 12.1 Å². The van der Waals surface area contributed by atoms with E-state index in [0.29, 0.717) is 15.9 Å². The van der Waals surface area contributed by atoms with Gasteiger partial charge in [0.15, 0.2) is 0 Å². The number of fused-ring (bicyclic) bond motifs is 5. The van der Waals surface area contributed by atoms with Gasteiger partial charge in [0.2, 0.25) is 0 Å². The molecule has 0 unspecified atom stereocenters. The number of ether oxygens (including phenoxy) is 1. The van der Waals surface area contributed by atoms with Gasteiger partial charge in [-0.05, 0) is 98.2 Å². The van der Waals surface area contributed by atoms with Crippen molar-refractivity contribution < 1.29 is 9.53 Å². The highest BCUT2D eigenvalue weighted by Gasteiger charge is 2.59. The smallest absolute Gasteiger partial charge is 0.332 e. The van der Waals surface area contributed by atoms with Crippen LogP contribution in [0.4, 0.5) is 0 Å². The van der Waals surface area contributed by atoms with E-state index < -0.39 is 0 Å². The van der Waals surface area contributed by atoms with Gasteiger partial charge in [-0.25, -0.2) is 4.79 Å². The summed E-state index contributed by atoms with van der Waals surface area (Å²) in [5.41, 5.74) is 2.41. The number of esters is 1. The van der Waals surface area contributed by atoms with Gasteiger partial charge in [-0.15, -0.1) is 0 Å². The van der Waals surface area contributed by atoms with Gasteiger partial charge in [-0.3, -0.25) is 0 Å². The standard InChI is InChI=1S/C31H49ClO2/c1-20(2)8-7-9-21(3)26-12-13-27-25-11-10-23-19-24(34-29(33)18-22(4)32)14-16-30(23,5)28(25)15-17-31(26,27)6/h10,18,20-21,24-28H,7-9,11-17,19H2,1-6H3/b22-18+/t21-,24+,25-,26-,27-,28-,30+,31-/m1/s1. The Bertz CT molecular complexity index is 808. The van der Waals surface area contributed by atoms with Crippen molar-refractivity contribution in [2.24, 2.45) is 46.3 Å². The minimum Gasteiger partial charge on any atom is -0.459 e. The molecule has 34 heavy (non-hydrogen) atoms. The van der Waals surface area contributed by atoms with E-state index in [4.69, 9.17) is 16.3 Å². The van der Waals surface area contributed by atoms with Gasteiger partial charge < -0.3 is 4.74 Å². The Balaban J connectivity index is 1.44. The SMILES string of the molecule is C/C(Cl)=C\C(=O)O[C@H]1CC[C@@]2(C)C(=CC[C@@H]3[C@H]4CC[C@H]([C@H](C)CCCC(C)C)[C@@]4(C)CC[C@H]32)C1. The van der Waals surface area contributed by atoms with E-state index in [-0.39, 0.29) is 12.1 Å². The zero-order valence-electron chi connectivity index (χ0n) is 22.7. The molecule has 0 amide bonds. The summed E-state index contributed by atoms with van der Waals surface area (Å²) in [6, 6.07) is 0. The fourth-order valence-electron chi connectivity index (χ4n) is 9.11. The van der Waals surface area contributed by atoms with Gasteiger partial charge >= 0.3 is 5.97 Å². The average Bonchev–Trinajstić information content (AvgIpc) is 3.10. The van der Waals surface area contributed by atoms with Crippen molar-refractivity contribution in [2.75, 3.05) is 0 Å². The minimum atomic E-state index is -0.289. The number of carbonyl (C=O) groups is 1. The minimum absolute atomic E-state index is 0.00653. The van der Waals surface area contributed by atoms with Crippen molar-refractivity contribution in [3.8, 4) is 0 Å². The molecule has 0 aliphatic heterocycles. The average molecular weight is 489 g/mol. The largest absolute Gasteiger partial charge is 0.459 e. The molecule has 0 bridgehead atoms. The monoisotopic (exact) mass is 488 g/mol. The third kappa shape index (κ3) is 5.05. The summed E-state index contributed by atoms with van der Waals surface area (Å²) in [6.45, 7) is 14.2. The number of hydrogen-bond donors (Lipinski definition) is 0. The van der Waals surface area contributed by atoms with Crippen LogP contribution >= 0.6 is 11.6 Å².